The minimum absolute atomic E-state index is 0.0218. The Hall–Kier alpha value is -1.08. The first-order valence-corrected chi connectivity index (χ1v) is 8.02. The molecule has 0 aliphatic rings. The first kappa shape index (κ1) is 15.0. The van der Waals surface area contributed by atoms with Crippen molar-refractivity contribution in [3.63, 3.8) is 0 Å². The van der Waals surface area contributed by atoms with E-state index < -0.39 is 27.2 Å². The molecule has 0 saturated heterocycles. The van der Waals surface area contributed by atoms with Crippen LogP contribution in [0.5, 0.6) is 0 Å². The van der Waals surface area contributed by atoms with Gasteiger partial charge in [-0.15, -0.1) is 11.8 Å². The van der Waals surface area contributed by atoms with Gasteiger partial charge in [-0.2, -0.15) is 0 Å². The maximum atomic E-state index is 13.1. The van der Waals surface area contributed by atoms with E-state index in [0.29, 0.717) is 10.6 Å². The number of benzene rings is 1. The monoisotopic (exact) mass is 292 g/mol. The second-order valence-corrected chi connectivity index (χ2v) is 7.17. The molecule has 1 rings (SSSR count). The lowest BCUT2D eigenvalue weighted by atomic mass is 10.2. The largest absolute Gasteiger partial charge is 0.478 e. The molecule has 0 aromatic heterocycles. The van der Waals surface area contributed by atoms with Crippen molar-refractivity contribution in [2.75, 3.05) is 17.3 Å². The Morgan fingerprint density at radius 1 is 1.44 bits per heavy atom. The fourth-order valence-corrected chi connectivity index (χ4v) is 3.43. The van der Waals surface area contributed by atoms with Crippen molar-refractivity contribution in [3.05, 3.63) is 29.6 Å². The summed E-state index contributed by atoms with van der Waals surface area (Å²) in [6, 6.07) is 3.71. The van der Waals surface area contributed by atoms with Gasteiger partial charge in [0.1, 0.15) is 5.82 Å². The molecule has 100 valence electrons. The number of thioether (sulfide) groups is 1. The van der Waals surface area contributed by atoms with Crippen LogP contribution in [0.3, 0.4) is 0 Å². The summed E-state index contributed by atoms with van der Waals surface area (Å²) in [5, 5.41) is 8.74. The minimum atomic E-state index is -3.04. The Morgan fingerprint density at radius 2 is 2.11 bits per heavy atom. The zero-order chi connectivity index (χ0) is 13.8. The highest BCUT2D eigenvalue weighted by atomic mass is 32.2. The first-order chi connectivity index (χ1) is 8.35. The van der Waals surface area contributed by atoms with Crippen LogP contribution in [-0.2, 0) is 9.84 Å². The smallest absolute Gasteiger partial charge is 0.338 e. The topological polar surface area (TPSA) is 71.4 Å². The van der Waals surface area contributed by atoms with Gasteiger partial charge in [0, 0.05) is 16.4 Å². The molecular weight excluding hydrogens is 279 g/mol. The van der Waals surface area contributed by atoms with Crippen LogP contribution in [0.15, 0.2) is 23.1 Å². The lowest BCUT2D eigenvalue weighted by Gasteiger charge is -2.04. The van der Waals surface area contributed by atoms with Crippen molar-refractivity contribution >= 4 is 27.6 Å². The Labute approximate surface area is 109 Å². The van der Waals surface area contributed by atoms with Gasteiger partial charge in [0.2, 0.25) is 0 Å². The zero-order valence-corrected chi connectivity index (χ0v) is 11.4. The molecule has 0 aliphatic carbocycles. The highest BCUT2D eigenvalue weighted by Gasteiger charge is 2.12. The van der Waals surface area contributed by atoms with Crippen molar-refractivity contribution in [1.29, 1.82) is 0 Å². The Balaban J connectivity index is 2.69. The molecule has 0 heterocycles. The number of carbonyl (C=O) groups is 1. The van der Waals surface area contributed by atoms with Gasteiger partial charge in [0.05, 0.1) is 11.3 Å². The zero-order valence-electron chi connectivity index (χ0n) is 9.72. The number of hydrogen-bond donors (Lipinski definition) is 1. The lowest BCUT2D eigenvalue weighted by Crippen LogP contribution is -2.10. The number of aromatic carboxylic acids is 1. The van der Waals surface area contributed by atoms with E-state index in [1.165, 1.54) is 23.9 Å². The van der Waals surface area contributed by atoms with Crippen LogP contribution in [0.1, 0.15) is 17.3 Å². The molecule has 0 spiro atoms. The van der Waals surface area contributed by atoms with Crippen LogP contribution in [0.4, 0.5) is 4.39 Å². The maximum absolute atomic E-state index is 13.1. The third-order valence-corrected chi connectivity index (χ3v) is 5.23. The van der Waals surface area contributed by atoms with Crippen molar-refractivity contribution in [3.8, 4) is 0 Å². The molecule has 1 N–H and O–H groups in total. The summed E-state index contributed by atoms with van der Waals surface area (Å²) >= 11 is 1.19. The molecule has 0 bridgehead atoms. The van der Waals surface area contributed by atoms with Gasteiger partial charge in [-0.1, -0.05) is 6.92 Å². The Bertz CT molecular complexity index is 540. The summed E-state index contributed by atoms with van der Waals surface area (Å²) in [5.74, 6) is -1.71. The summed E-state index contributed by atoms with van der Waals surface area (Å²) in [5.41, 5.74) is -0.404. The second kappa shape index (κ2) is 6.19. The van der Waals surface area contributed by atoms with Crippen LogP contribution in [-0.4, -0.2) is 36.8 Å². The first-order valence-electron chi connectivity index (χ1n) is 5.22. The molecule has 1 aromatic rings. The molecule has 7 heteroatoms. The quantitative estimate of drug-likeness (QED) is 0.812. The van der Waals surface area contributed by atoms with E-state index in [1.54, 1.807) is 6.92 Å². The van der Waals surface area contributed by atoms with Crippen LogP contribution < -0.4 is 0 Å². The molecule has 0 atom stereocenters. The normalized spacial score (nSPS) is 11.4. The van der Waals surface area contributed by atoms with E-state index in [2.05, 4.69) is 0 Å². The van der Waals surface area contributed by atoms with Gasteiger partial charge in [-0.05, 0) is 18.2 Å². The Kier molecular flexibility index (Phi) is 5.15. The molecule has 4 nitrogen and oxygen atoms in total. The van der Waals surface area contributed by atoms with Crippen LogP contribution in [0.25, 0.3) is 0 Å². The molecule has 0 fully saturated rings. The molecule has 0 amide bonds. The van der Waals surface area contributed by atoms with Gasteiger partial charge in [-0.3, -0.25) is 0 Å². The fraction of sp³-hybridized carbons (Fsp3) is 0.364. The van der Waals surface area contributed by atoms with E-state index in [4.69, 9.17) is 5.11 Å². The third kappa shape index (κ3) is 4.30. The minimum Gasteiger partial charge on any atom is -0.478 e. The van der Waals surface area contributed by atoms with E-state index >= 15 is 0 Å². The maximum Gasteiger partial charge on any atom is 0.338 e. The number of carboxylic acid groups (broad SMARTS) is 1. The summed E-state index contributed by atoms with van der Waals surface area (Å²) in [6.07, 6.45) is 0. The van der Waals surface area contributed by atoms with Crippen LogP contribution >= 0.6 is 11.8 Å². The highest BCUT2D eigenvalue weighted by molar-refractivity contribution is 8.00. The third-order valence-electron chi connectivity index (χ3n) is 2.27. The van der Waals surface area contributed by atoms with Crippen molar-refractivity contribution in [2.24, 2.45) is 0 Å². The van der Waals surface area contributed by atoms with Gasteiger partial charge < -0.3 is 5.11 Å². The van der Waals surface area contributed by atoms with Crippen LogP contribution in [0.2, 0.25) is 0 Å². The lowest BCUT2D eigenvalue weighted by molar-refractivity contribution is 0.0691. The Morgan fingerprint density at radius 3 is 2.67 bits per heavy atom. The number of sulfone groups is 1. The SMILES string of the molecule is CCS(=O)(=O)CCSc1ccc(F)c(C(=O)O)c1. The average molecular weight is 292 g/mol. The van der Waals surface area contributed by atoms with Crippen molar-refractivity contribution in [1.82, 2.24) is 0 Å². The molecule has 0 radical (unpaired) electrons. The van der Waals surface area contributed by atoms with E-state index in [-0.39, 0.29) is 11.5 Å². The van der Waals surface area contributed by atoms with E-state index in [0.717, 1.165) is 6.07 Å². The fourth-order valence-electron chi connectivity index (χ4n) is 1.19. The van der Waals surface area contributed by atoms with Gasteiger partial charge >= 0.3 is 5.97 Å². The van der Waals surface area contributed by atoms with Crippen molar-refractivity contribution in [2.45, 2.75) is 11.8 Å². The molecule has 0 aliphatic heterocycles. The van der Waals surface area contributed by atoms with Gasteiger partial charge in [0.15, 0.2) is 9.84 Å². The molecular formula is C11H13FO4S2. The second-order valence-electron chi connectivity index (χ2n) is 3.53. The van der Waals surface area contributed by atoms with E-state index in [1.807, 2.05) is 0 Å². The standard InChI is InChI=1S/C11H13FO4S2/c1-2-18(15,16)6-5-17-8-3-4-10(12)9(7-8)11(13)14/h3-4,7H,2,5-6H2,1H3,(H,13,14). The number of hydrogen-bond acceptors (Lipinski definition) is 4. The molecule has 18 heavy (non-hydrogen) atoms. The highest BCUT2D eigenvalue weighted by Crippen LogP contribution is 2.21. The van der Waals surface area contributed by atoms with E-state index in [9.17, 15) is 17.6 Å². The summed E-state index contributed by atoms with van der Waals surface area (Å²) in [6.45, 7) is 1.57. The molecule has 0 saturated carbocycles. The van der Waals surface area contributed by atoms with Crippen LogP contribution in [0, 0.1) is 5.82 Å². The summed E-state index contributed by atoms with van der Waals surface area (Å²) < 4.78 is 35.6. The number of halogens is 1. The average Bonchev–Trinajstić information content (AvgIpc) is 2.31. The molecule has 1 aromatic carbocycles. The molecule has 0 unspecified atom stereocenters. The number of carboxylic acids is 1. The van der Waals surface area contributed by atoms with Gasteiger partial charge in [-0.25, -0.2) is 17.6 Å². The van der Waals surface area contributed by atoms with Crippen molar-refractivity contribution < 1.29 is 22.7 Å². The predicted molar refractivity (Wildman–Crippen MR) is 68.4 cm³/mol. The summed E-state index contributed by atoms with van der Waals surface area (Å²) in [7, 11) is -3.04. The number of rotatable bonds is 6. The summed E-state index contributed by atoms with van der Waals surface area (Å²) in [4.78, 5) is 11.2. The predicted octanol–water partition coefficient (Wildman–Crippen LogP) is 2.05. The van der Waals surface area contributed by atoms with Gasteiger partial charge in [0.25, 0.3) is 0 Å².